The average molecular weight is 586 g/mol. The van der Waals surface area contributed by atoms with Gasteiger partial charge in [-0.15, -0.1) is 23.2 Å². The van der Waals surface area contributed by atoms with Crippen LogP contribution >= 0.6 is 46.4 Å². The molecule has 1 saturated carbocycles. The number of hydrogen-bond acceptors (Lipinski definition) is 2. The monoisotopic (exact) mass is 584 g/mol. The van der Waals surface area contributed by atoms with Gasteiger partial charge in [0.05, 0.1) is 28.1 Å². The second-order valence-corrected chi connectivity index (χ2v) is 9.76. The summed E-state index contributed by atoms with van der Waals surface area (Å²) in [5, 5.41) is 2.57. The van der Waals surface area contributed by atoms with E-state index in [9.17, 15) is 40.3 Å². The second kappa shape index (κ2) is 9.49. The molecule has 4 nitrogen and oxygen atoms in total. The van der Waals surface area contributed by atoms with Crippen LogP contribution in [0.3, 0.4) is 0 Å². The van der Waals surface area contributed by atoms with Crippen molar-refractivity contribution in [3.63, 3.8) is 0 Å². The molecule has 0 aromatic heterocycles. The predicted molar refractivity (Wildman–Crippen MR) is 115 cm³/mol. The lowest BCUT2D eigenvalue weighted by Gasteiger charge is -2.20. The van der Waals surface area contributed by atoms with Gasteiger partial charge in [-0.05, 0) is 29.8 Å². The van der Waals surface area contributed by atoms with Crippen LogP contribution in [0.15, 0.2) is 30.3 Å². The molecule has 1 aliphatic carbocycles. The summed E-state index contributed by atoms with van der Waals surface area (Å²) in [6.45, 7) is -2.16. The van der Waals surface area contributed by atoms with E-state index in [2.05, 4.69) is 5.32 Å². The number of halogens is 11. The SMILES string of the molecule is O=C(NCC(F)(F)C(F)(F)F)c1cc(NC(=O)C2C(c3ccc(F)c(Cl)c3)C2(Cl)Cl)cc(Cl)c1F. The Morgan fingerprint density at radius 3 is 2.17 bits per heavy atom. The molecule has 35 heavy (non-hydrogen) atoms. The minimum absolute atomic E-state index is 0.241. The first-order valence-electron chi connectivity index (χ1n) is 9.32. The van der Waals surface area contributed by atoms with E-state index in [1.807, 2.05) is 0 Å². The Labute approximate surface area is 212 Å². The van der Waals surface area contributed by atoms with Gasteiger partial charge < -0.3 is 10.6 Å². The van der Waals surface area contributed by atoms with E-state index in [4.69, 9.17) is 46.4 Å². The van der Waals surface area contributed by atoms with Crippen LogP contribution in [-0.2, 0) is 4.79 Å². The van der Waals surface area contributed by atoms with Crippen molar-refractivity contribution >= 4 is 63.9 Å². The topological polar surface area (TPSA) is 58.2 Å². The quantitative estimate of drug-likeness (QED) is 0.292. The van der Waals surface area contributed by atoms with Crippen LogP contribution in [0, 0.1) is 17.6 Å². The molecule has 2 N–H and O–H groups in total. The highest BCUT2D eigenvalue weighted by Crippen LogP contribution is 2.65. The van der Waals surface area contributed by atoms with E-state index >= 15 is 0 Å². The zero-order valence-corrected chi connectivity index (χ0v) is 19.7. The molecule has 190 valence electrons. The molecule has 1 fully saturated rings. The fourth-order valence-corrected chi connectivity index (χ4v) is 4.44. The molecular formula is C20H11Cl4F7N2O2. The van der Waals surface area contributed by atoms with Crippen LogP contribution in [0.2, 0.25) is 10.0 Å². The summed E-state index contributed by atoms with van der Waals surface area (Å²) in [6, 6.07) is 5.12. The number of rotatable bonds is 6. The van der Waals surface area contributed by atoms with Gasteiger partial charge in [0, 0.05) is 11.6 Å². The lowest BCUT2D eigenvalue weighted by Crippen LogP contribution is -2.46. The minimum Gasteiger partial charge on any atom is -0.346 e. The third kappa shape index (κ3) is 5.58. The maximum Gasteiger partial charge on any atom is 0.455 e. The fraction of sp³-hybridized carbons (Fsp3) is 0.300. The number of amides is 2. The van der Waals surface area contributed by atoms with Crippen LogP contribution in [0.1, 0.15) is 21.8 Å². The summed E-state index contributed by atoms with van der Waals surface area (Å²) in [7, 11) is 0. The number of alkyl halides is 7. The molecule has 2 aromatic rings. The molecule has 0 radical (unpaired) electrons. The Morgan fingerprint density at radius 2 is 1.60 bits per heavy atom. The van der Waals surface area contributed by atoms with E-state index in [-0.39, 0.29) is 10.7 Å². The smallest absolute Gasteiger partial charge is 0.346 e. The predicted octanol–water partition coefficient (Wildman–Crippen LogP) is 6.73. The van der Waals surface area contributed by atoms with Gasteiger partial charge in [-0.1, -0.05) is 29.3 Å². The summed E-state index contributed by atoms with van der Waals surface area (Å²) in [6.07, 6.45) is -5.95. The van der Waals surface area contributed by atoms with E-state index in [1.165, 1.54) is 17.4 Å². The van der Waals surface area contributed by atoms with E-state index in [1.54, 1.807) is 0 Å². The molecule has 0 heterocycles. The summed E-state index contributed by atoms with van der Waals surface area (Å²) >= 11 is 23.8. The van der Waals surface area contributed by atoms with Crippen molar-refractivity contribution in [1.82, 2.24) is 5.32 Å². The fourth-order valence-electron chi connectivity index (χ4n) is 3.21. The zero-order valence-electron chi connectivity index (χ0n) is 16.7. The van der Waals surface area contributed by atoms with E-state index in [0.717, 1.165) is 12.1 Å². The highest BCUT2D eigenvalue weighted by Gasteiger charge is 2.67. The number of hydrogen-bond donors (Lipinski definition) is 2. The molecule has 0 saturated heterocycles. The number of nitrogens with one attached hydrogen (secondary N) is 2. The third-order valence-corrected chi connectivity index (χ3v) is 6.57. The summed E-state index contributed by atoms with van der Waals surface area (Å²) in [5.41, 5.74) is -0.975. The summed E-state index contributed by atoms with van der Waals surface area (Å²) in [4.78, 5) is 24.8. The van der Waals surface area contributed by atoms with Gasteiger partial charge in [0.25, 0.3) is 5.91 Å². The maximum atomic E-state index is 14.3. The molecule has 15 heteroatoms. The van der Waals surface area contributed by atoms with Crippen LogP contribution < -0.4 is 10.6 Å². The molecule has 2 amide bonds. The van der Waals surface area contributed by atoms with E-state index < -0.39 is 68.8 Å². The molecule has 3 rings (SSSR count). The van der Waals surface area contributed by atoms with E-state index in [0.29, 0.717) is 11.6 Å². The van der Waals surface area contributed by atoms with Gasteiger partial charge in [0.15, 0.2) is 5.82 Å². The van der Waals surface area contributed by atoms with Gasteiger partial charge >= 0.3 is 12.1 Å². The van der Waals surface area contributed by atoms with Crippen molar-refractivity contribution in [2.24, 2.45) is 5.92 Å². The lowest BCUT2D eigenvalue weighted by molar-refractivity contribution is -0.278. The first-order valence-corrected chi connectivity index (χ1v) is 10.8. The standard InChI is InChI=1S/C20H11Cl4F7N2O2/c21-10-3-7(1-2-12(10)25)13-14(19(13,23)24)17(35)33-8-4-9(15(26)11(22)5-8)16(34)32-6-18(27,28)20(29,30)31/h1-5,13-14H,6H2,(H,32,34)(H,33,35). The van der Waals surface area contributed by atoms with Crippen LogP contribution in [-0.4, -0.2) is 34.8 Å². The van der Waals surface area contributed by atoms with Gasteiger partial charge in [0.2, 0.25) is 5.91 Å². The molecular weight excluding hydrogens is 575 g/mol. The maximum absolute atomic E-state index is 14.3. The molecule has 1 aliphatic rings. The Morgan fingerprint density at radius 1 is 0.971 bits per heavy atom. The Bertz CT molecular complexity index is 1190. The summed E-state index contributed by atoms with van der Waals surface area (Å²) < 4.78 is 89.0. The molecule has 2 atom stereocenters. The van der Waals surface area contributed by atoms with Crippen LogP contribution in [0.5, 0.6) is 0 Å². The zero-order chi connectivity index (χ0) is 26.5. The van der Waals surface area contributed by atoms with Gasteiger partial charge in [-0.2, -0.15) is 22.0 Å². The van der Waals surface area contributed by atoms with Crippen LogP contribution in [0.25, 0.3) is 0 Å². The highest BCUT2D eigenvalue weighted by atomic mass is 35.5. The van der Waals surface area contributed by atoms with Crippen molar-refractivity contribution in [1.29, 1.82) is 0 Å². The second-order valence-electron chi connectivity index (χ2n) is 7.50. The Kier molecular flexibility index (Phi) is 7.50. The molecule has 2 aromatic carbocycles. The van der Waals surface area contributed by atoms with Crippen molar-refractivity contribution in [3.8, 4) is 0 Å². The first-order chi connectivity index (χ1) is 16.0. The minimum atomic E-state index is -5.95. The number of anilines is 1. The van der Waals surface area contributed by atoms with Gasteiger partial charge in [-0.3, -0.25) is 9.59 Å². The van der Waals surface area contributed by atoms with Gasteiger partial charge in [0.1, 0.15) is 10.2 Å². The van der Waals surface area contributed by atoms with Crippen molar-refractivity contribution < 1.29 is 40.3 Å². The normalized spacial score (nSPS) is 19.3. The van der Waals surface area contributed by atoms with Crippen LogP contribution in [0.4, 0.5) is 36.4 Å². The number of benzene rings is 2. The largest absolute Gasteiger partial charge is 0.455 e. The summed E-state index contributed by atoms with van der Waals surface area (Å²) in [5.74, 6) is -11.8. The number of carbonyl (C=O) groups excluding carboxylic acids is 2. The number of carbonyl (C=O) groups is 2. The molecule has 0 aliphatic heterocycles. The molecule has 0 bridgehead atoms. The Balaban J connectivity index is 1.78. The third-order valence-electron chi connectivity index (χ3n) is 5.06. The van der Waals surface area contributed by atoms with Crippen molar-refractivity contribution in [2.75, 3.05) is 11.9 Å². The van der Waals surface area contributed by atoms with Gasteiger partial charge in [-0.25, -0.2) is 8.78 Å². The average Bonchev–Trinajstić information content (AvgIpc) is 3.32. The molecule has 2 unspecified atom stereocenters. The first kappa shape index (κ1) is 27.6. The Hall–Kier alpha value is -1.95. The lowest BCUT2D eigenvalue weighted by atomic mass is 10.1. The highest BCUT2D eigenvalue weighted by molar-refractivity contribution is 6.53. The molecule has 0 spiro atoms. The van der Waals surface area contributed by atoms with Crippen molar-refractivity contribution in [3.05, 3.63) is 63.1 Å². The van der Waals surface area contributed by atoms with Crippen molar-refractivity contribution in [2.45, 2.75) is 22.4 Å².